The predicted molar refractivity (Wildman–Crippen MR) is 74.8 cm³/mol. The van der Waals surface area contributed by atoms with Crippen LogP contribution < -0.4 is 11.1 Å². The van der Waals surface area contributed by atoms with Crippen molar-refractivity contribution in [3.05, 3.63) is 34.3 Å². The number of para-hydroxylation sites is 1. The summed E-state index contributed by atoms with van der Waals surface area (Å²) in [6.07, 6.45) is 1.89. The van der Waals surface area contributed by atoms with Crippen molar-refractivity contribution in [1.29, 1.82) is 0 Å². The lowest BCUT2D eigenvalue weighted by Gasteiger charge is -2.29. The van der Waals surface area contributed by atoms with Gasteiger partial charge in [0.2, 0.25) is 0 Å². The molecule has 1 saturated heterocycles. The molecule has 0 unspecified atom stereocenters. The lowest BCUT2D eigenvalue weighted by Crippen LogP contribution is -2.43. The molecule has 0 radical (unpaired) electrons. The SMILES string of the molecule is CN1CCC(NC(=O)c2cccc3oc(=O)[nH]c23)CC1. The molecular formula is C14H17N3O3. The number of oxazole rings is 1. The molecule has 6 heteroatoms. The number of rotatable bonds is 2. The number of carbonyl (C=O) groups excluding carboxylic acids is 1. The zero-order valence-electron chi connectivity index (χ0n) is 11.3. The Bertz CT molecular complexity index is 680. The minimum absolute atomic E-state index is 0.165. The quantitative estimate of drug-likeness (QED) is 0.855. The molecule has 1 fully saturated rings. The highest BCUT2D eigenvalue weighted by Crippen LogP contribution is 2.16. The fraction of sp³-hybridized carbons (Fsp3) is 0.429. The summed E-state index contributed by atoms with van der Waals surface area (Å²) < 4.78 is 4.96. The standard InChI is InChI=1S/C14H17N3O3/c1-17-7-5-9(6-8-17)15-13(18)10-3-2-4-11-12(10)16-14(19)20-11/h2-4,9H,5-8H2,1H3,(H,15,18)(H,16,19). The topological polar surface area (TPSA) is 78.3 Å². The van der Waals surface area contributed by atoms with E-state index in [4.69, 9.17) is 4.42 Å². The monoisotopic (exact) mass is 275 g/mol. The molecule has 2 aromatic rings. The van der Waals surface area contributed by atoms with Gasteiger partial charge in [-0.1, -0.05) is 6.07 Å². The summed E-state index contributed by atoms with van der Waals surface area (Å²) in [7, 11) is 2.08. The smallest absolute Gasteiger partial charge is 0.408 e. The summed E-state index contributed by atoms with van der Waals surface area (Å²) in [5.74, 6) is -0.707. The number of aromatic nitrogens is 1. The molecule has 1 aliphatic rings. The summed E-state index contributed by atoms with van der Waals surface area (Å²) in [6.45, 7) is 1.97. The Labute approximate surface area is 115 Å². The van der Waals surface area contributed by atoms with Gasteiger partial charge in [-0.2, -0.15) is 0 Å². The van der Waals surface area contributed by atoms with E-state index in [1.54, 1.807) is 18.2 Å². The zero-order chi connectivity index (χ0) is 14.1. The number of amides is 1. The summed E-state index contributed by atoms with van der Waals surface area (Å²) >= 11 is 0. The van der Waals surface area contributed by atoms with Crippen molar-refractivity contribution >= 4 is 17.0 Å². The second-order valence-electron chi connectivity index (χ2n) is 5.24. The first-order valence-electron chi connectivity index (χ1n) is 6.75. The average Bonchev–Trinajstić information content (AvgIpc) is 2.81. The summed E-state index contributed by atoms with van der Waals surface area (Å²) in [6, 6.07) is 5.26. The number of aromatic amines is 1. The zero-order valence-corrected chi connectivity index (χ0v) is 11.3. The Morgan fingerprint density at radius 3 is 2.90 bits per heavy atom. The fourth-order valence-electron chi connectivity index (χ4n) is 2.58. The van der Waals surface area contributed by atoms with Crippen LogP contribution in [0.5, 0.6) is 0 Å². The lowest BCUT2D eigenvalue weighted by molar-refractivity contribution is 0.0918. The second-order valence-corrected chi connectivity index (χ2v) is 5.24. The third-order valence-electron chi connectivity index (χ3n) is 3.75. The van der Waals surface area contributed by atoms with Crippen molar-refractivity contribution in [1.82, 2.24) is 15.2 Å². The van der Waals surface area contributed by atoms with Crippen molar-refractivity contribution in [2.75, 3.05) is 20.1 Å². The molecule has 0 saturated carbocycles. The van der Waals surface area contributed by atoms with Crippen LogP contribution in [0.4, 0.5) is 0 Å². The molecule has 6 nitrogen and oxygen atoms in total. The number of H-pyrrole nitrogens is 1. The third kappa shape index (κ3) is 2.46. The van der Waals surface area contributed by atoms with E-state index in [1.165, 1.54) is 0 Å². The maximum Gasteiger partial charge on any atom is 0.417 e. The van der Waals surface area contributed by atoms with Crippen molar-refractivity contribution in [3.8, 4) is 0 Å². The van der Waals surface area contributed by atoms with Gasteiger partial charge >= 0.3 is 5.76 Å². The van der Waals surface area contributed by atoms with Gasteiger partial charge in [-0.25, -0.2) is 4.79 Å². The van der Waals surface area contributed by atoms with E-state index in [-0.39, 0.29) is 11.9 Å². The minimum Gasteiger partial charge on any atom is -0.408 e. The van der Waals surface area contributed by atoms with Gasteiger partial charge in [0.1, 0.15) is 0 Å². The summed E-state index contributed by atoms with van der Waals surface area (Å²) in [5, 5.41) is 3.03. The van der Waals surface area contributed by atoms with Crippen LogP contribution in [0.3, 0.4) is 0 Å². The van der Waals surface area contributed by atoms with E-state index in [9.17, 15) is 9.59 Å². The highest BCUT2D eigenvalue weighted by Gasteiger charge is 2.20. The molecule has 1 aliphatic heterocycles. The summed E-state index contributed by atoms with van der Waals surface area (Å²) in [4.78, 5) is 28.4. The highest BCUT2D eigenvalue weighted by molar-refractivity contribution is 6.04. The Kier molecular flexibility index (Phi) is 3.31. The number of hydrogen-bond acceptors (Lipinski definition) is 4. The molecule has 2 heterocycles. The summed E-state index contributed by atoms with van der Waals surface area (Å²) in [5.41, 5.74) is 1.32. The lowest BCUT2D eigenvalue weighted by atomic mass is 10.0. The Hall–Kier alpha value is -2.08. The fourth-order valence-corrected chi connectivity index (χ4v) is 2.58. The van der Waals surface area contributed by atoms with Crippen molar-refractivity contribution in [2.45, 2.75) is 18.9 Å². The first-order chi connectivity index (χ1) is 9.63. The van der Waals surface area contributed by atoms with Gasteiger partial charge < -0.3 is 14.6 Å². The average molecular weight is 275 g/mol. The Balaban J connectivity index is 1.80. The number of piperidine rings is 1. The van der Waals surface area contributed by atoms with Crippen molar-refractivity contribution in [3.63, 3.8) is 0 Å². The van der Waals surface area contributed by atoms with E-state index in [0.29, 0.717) is 16.7 Å². The minimum atomic E-state index is -0.542. The van der Waals surface area contributed by atoms with Crippen LogP contribution in [0.2, 0.25) is 0 Å². The van der Waals surface area contributed by atoms with Crippen LogP contribution in [0.25, 0.3) is 11.1 Å². The van der Waals surface area contributed by atoms with Crippen molar-refractivity contribution in [2.24, 2.45) is 0 Å². The molecule has 0 bridgehead atoms. The first-order valence-corrected chi connectivity index (χ1v) is 6.75. The molecule has 0 aliphatic carbocycles. The van der Waals surface area contributed by atoms with Crippen molar-refractivity contribution < 1.29 is 9.21 Å². The predicted octanol–water partition coefficient (Wildman–Crippen LogP) is 0.945. The number of hydrogen-bond donors (Lipinski definition) is 2. The van der Waals surface area contributed by atoms with Gasteiger partial charge in [0, 0.05) is 6.04 Å². The maximum atomic E-state index is 12.3. The van der Waals surface area contributed by atoms with Gasteiger partial charge in [0.05, 0.1) is 11.1 Å². The Morgan fingerprint density at radius 2 is 2.15 bits per heavy atom. The third-order valence-corrected chi connectivity index (χ3v) is 3.75. The molecular weight excluding hydrogens is 258 g/mol. The van der Waals surface area contributed by atoms with E-state index in [1.807, 2.05) is 0 Å². The maximum absolute atomic E-state index is 12.3. The van der Waals surface area contributed by atoms with E-state index in [2.05, 4.69) is 22.2 Å². The second kappa shape index (κ2) is 5.13. The van der Waals surface area contributed by atoms with Gasteiger partial charge in [-0.05, 0) is 45.1 Å². The van der Waals surface area contributed by atoms with E-state index >= 15 is 0 Å². The normalized spacial score (nSPS) is 17.4. The number of carbonyl (C=O) groups is 1. The van der Waals surface area contributed by atoms with Gasteiger partial charge in [0.25, 0.3) is 5.91 Å². The van der Waals surface area contributed by atoms with Crippen LogP contribution in [0, 0.1) is 0 Å². The molecule has 1 aromatic heterocycles. The molecule has 0 spiro atoms. The molecule has 2 N–H and O–H groups in total. The van der Waals surface area contributed by atoms with Crippen LogP contribution in [-0.2, 0) is 0 Å². The highest BCUT2D eigenvalue weighted by atomic mass is 16.4. The van der Waals surface area contributed by atoms with E-state index in [0.717, 1.165) is 25.9 Å². The van der Waals surface area contributed by atoms with Crippen LogP contribution >= 0.6 is 0 Å². The van der Waals surface area contributed by atoms with Crippen LogP contribution in [0.1, 0.15) is 23.2 Å². The number of nitrogens with one attached hydrogen (secondary N) is 2. The van der Waals surface area contributed by atoms with Crippen LogP contribution in [-0.4, -0.2) is 42.0 Å². The number of likely N-dealkylation sites (tertiary alicyclic amines) is 1. The Morgan fingerprint density at radius 1 is 1.40 bits per heavy atom. The molecule has 106 valence electrons. The molecule has 1 aromatic carbocycles. The van der Waals surface area contributed by atoms with Gasteiger partial charge in [-0.15, -0.1) is 0 Å². The first kappa shape index (κ1) is 12.9. The molecule has 20 heavy (non-hydrogen) atoms. The number of nitrogens with zero attached hydrogens (tertiary/aromatic N) is 1. The van der Waals surface area contributed by atoms with Crippen LogP contribution in [0.15, 0.2) is 27.4 Å². The largest absolute Gasteiger partial charge is 0.417 e. The van der Waals surface area contributed by atoms with Gasteiger partial charge in [-0.3, -0.25) is 9.78 Å². The number of benzene rings is 1. The number of fused-ring (bicyclic) bond motifs is 1. The van der Waals surface area contributed by atoms with E-state index < -0.39 is 5.76 Å². The van der Waals surface area contributed by atoms with Gasteiger partial charge in [0.15, 0.2) is 5.58 Å². The molecule has 1 amide bonds. The molecule has 3 rings (SSSR count). The molecule has 0 atom stereocenters.